The van der Waals surface area contributed by atoms with Crippen LogP contribution in [0.1, 0.15) is 41.9 Å². The Balaban J connectivity index is 2.25. The second-order valence-electron chi connectivity index (χ2n) is 5.89. The summed E-state index contributed by atoms with van der Waals surface area (Å²) in [6.07, 6.45) is 0. The zero-order valence-electron chi connectivity index (χ0n) is 12.6. The maximum atomic E-state index is 9.52. The molecular weight excluding hydrogens is 290 g/mol. The Morgan fingerprint density at radius 1 is 1.30 bits per heavy atom. The number of anilines is 1. The van der Waals surface area contributed by atoms with E-state index in [1.54, 1.807) is 22.7 Å². The third-order valence-corrected chi connectivity index (χ3v) is 5.17. The molecule has 0 spiro atoms. The van der Waals surface area contributed by atoms with Gasteiger partial charge < -0.3 is 10.0 Å². The van der Waals surface area contributed by atoms with E-state index in [1.165, 1.54) is 4.88 Å². The third-order valence-electron chi connectivity index (χ3n) is 3.09. The van der Waals surface area contributed by atoms with E-state index in [9.17, 15) is 5.11 Å². The number of aromatic nitrogens is 2. The van der Waals surface area contributed by atoms with E-state index in [0.717, 1.165) is 27.9 Å². The summed E-state index contributed by atoms with van der Waals surface area (Å²) < 4.78 is 0. The summed E-state index contributed by atoms with van der Waals surface area (Å²) in [5.74, 6) is 0. The summed E-state index contributed by atoms with van der Waals surface area (Å²) in [6, 6.07) is 0. The average Bonchev–Trinajstić information content (AvgIpc) is 2.95. The SMILES string of the molecule is Cc1ncsc1CN(C)c1nc(C(C)(C)C)c(CO)s1. The molecule has 0 saturated heterocycles. The standard InChI is InChI=1S/C14H21N3OS2/c1-9-10(19-8-15-9)6-17(5)13-16-12(14(2,3)4)11(7-18)20-13/h8,18H,6-7H2,1-5H3. The van der Waals surface area contributed by atoms with Crippen molar-refractivity contribution in [1.82, 2.24) is 9.97 Å². The van der Waals surface area contributed by atoms with E-state index in [-0.39, 0.29) is 12.0 Å². The smallest absolute Gasteiger partial charge is 0.185 e. The Kier molecular flexibility index (Phi) is 4.46. The molecule has 6 heteroatoms. The minimum absolute atomic E-state index is 0.0476. The maximum absolute atomic E-state index is 9.52. The van der Waals surface area contributed by atoms with Crippen molar-refractivity contribution in [3.05, 3.63) is 26.7 Å². The highest BCUT2D eigenvalue weighted by molar-refractivity contribution is 7.15. The molecule has 2 heterocycles. The van der Waals surface area contributed by atoms with Crippen molar-refractivity contribution < 1.29 is 5.11 Å². The van der Waals surface area contributed by atoms with Gasteiger partial charge in [0.2, 0.25) is 0 Å². The number of aryl methyl sites for hydroxylation is 1. The molecule has 0 aliphatic rings. The second kappa shape index (κ2) is 5.79. The molecule has 0 fully saturated rings. The molecule has 4 nitrogen and oxygen atoms in total. The van der Waals surface area contributed by atoms with E-state index < -0.39 is 0 Å². The van der Waals surface area contributed by atoms with Gasteiger partial charge >= 0.3 is 0 Å². The van der Waals surface area contributed by atoms with Crippen LogP contribution < -0.4 is 4.90 Å². The molecule has 0 bridgehead atoms. The van der Waals surface area contributed by atoms with E-state index in [2.05, 4.69) is 30.7 Å². The van der Waals surface area contributed by atoms with Crippen molar-refractivity contribution in [2.75, 3.05) is 11.9 Å². The molecule has 2 rings (SSSR count). The lowest BCUT2D eigenvalue weighted by atomic mass is 9.91. The number of thiazole rings is 2. The lowest BCUT2D eigenvalue weighted by Crippen LogP contribution is -2.18. The normalized spacial score (nSPS) is 11.9. The van der Waals surface area contributed by atoms with Gasteiger partial charge in [0, 0.05) is 17.3 Å². The second-order valence-corrected chi connectivity index (χ2v) is 7.89. The van der Waals surface area contributed by atoms with E-state index in [1.807, 2.05) is 19.5 Å². The Morgan fingerprint density at radius 2 is 2.00 bits per heavy atom. The first-order valence-electron chi connectivity index (χ1n) is 6.54. The molecule has 0 aliphatic heterocycles. The molecule has 0 saturated carbocycles. The highest BCUT2D eigenvalue weighted by Gasteiger charge is 2.24. The Bertz CT molecular complexity index is 583. The summed E-state index contributed by atoms with van der Waals surface area (Å²) >= 11 is 3.24. The lowest BCUT2D eigenvalue weighted by Gasteiger charge is -2.17. The molecule has 0 radical (unpaired) electrons. The van der Waals surface area contributed by atoms with E-state index in [0.29, 0.717) is 0 Å². The number of rotatable bonds is 4. The maximum Gasteiger partial charge on any atom is 0.185 e. The number of aliphatic hydroxyl groups excluding tert-OH is 1. The zero-order chi connectivity index (χ0) is 14.9. The number of hydrogen-bond acceptors (Lipinski definition) is 6. The minimum Gasteiger partial charge on any atom is -0.391 e. The topological polar surface area (TPSA) is 49.2 Å². The predicted molar refractivity (Wildman–Crippen MR) is 85.7 cm³/mol. The lowest BCUT2D eigenvalue weighted by molar-refractivity contribution is 0.282. The van der Waals surface area contributed by atoms with Crippen LogP contribution in [0.3, 0.4) is 0 Å². The highest BCUT2D eigenvalue weighted by Crippen LogP contribution is 2.34. The van der Waals surface area contributed by atoms with Crippen molar-refractivity contribution in [2.24, 2.45) is 0 Å². The van der Waals surface area contributed by atoms with Crippen LogP contribution in [0, 0.1) is 6.92 Å². The van der Waals surface area contributed by atoms with Gasteiger partial charge in [-0.2, -0.15) is 0 Å². The van der Waals surface area contributed by atoms with Crippen LogP contribution in [0.4, 0.5) is 5.13 Å². The van der Waals surface area contributed by atoms with Gasteiger partial charge in [0.1, 0.15) is 0 Å². The van der Waals surface area contributed by atoms with Gasteiger partial charge in [-0.3, -0.25) is 0 Å². The molecule has 0 aliphatic carbocycles. The largest absolute Gasteiger partial charge is 0.391 e. The fourth-order valence-electron chi connectivity index (χ4n) is 1.96. The molecule has 110 valence electrons. The van der Waals surface area contributed by atoms with Crippen LogP contribution in [-0.2, 0) is 18.6 Å². The molecular formula is C14H21N3OS2. The molecule has 20 heavy (non-hydrogen) atoms. The van der Waals surface area contributed by atoms with Crippen LogP contribution in [0.2, 0.25) is 0 Å². The monoisotopic (exact) mass is 311 g/mol. The minimum atomic E-state index is -0.0476. The first-order valence-corrected chi connectivity index (χ1v) is 8.23. The van der Waals surface area contributed by atoms with Gasteiger partial charge in [-0.05, 0) is 6.92 Å². The van der Waals surface area contributed by atoms with Gasteiger partial charge in [-0.15, -0.1) is 11.3 Å². The van der Waals surface area contributed by atoms with Gasteiger partial charge in [0.05, 0.1) is 34.9 Å². The van der Waals surface area contributed by atoms with Crippen molar-refractivity contribution in [3.8, 4) is 0 Å². The van der Waals surface area contributed by atoms with Crippen LogP contribution in [0.25, 0.3) is 0 Å². The van der Waals surface area contributed by atoms with Crippen molar-refractivity contribution in [2.45, 2.75) is 46.3 Å². The third kappa shape index (κ3) is 3.19. The fraction of sp³-hybridized carbons (Fsp3) is 0.571. The van der Waals surface area contributed by atoms with Crippen LogP contribution in [-0.4, -0.2) is 22.1 Å². The summed E-state index contributed by atoms with van der Waals surface area (Å²) in [7, 11) is 2.03. The highest BCUT2D eigenvalue weighted by atomic mass is 32.1. The fourth-order valence-corrected chi connectivity index (χ4v) is 3.88. The van der Waals surface area contributed by atoms with E-state index >= 15 is 0 Å². The van der Waals surface area contributed by atoms with Crippen molar-refractivity contribution in [3.63, 3.8) is 0 Å². The summed E-state index contributed by atoms with van der Waals surface area (Å²) in [5.41, 5.74) is 3.90. The van der Waals surface area contributed by atoms with E-state index in [4.69, 9.17) is 4.98 Å². The number of aliphatic hydroxyl groups is 1. The number of nitrogens with zero attached hydrogens (tertiary/aromatic N) is 3. The van der Waals surface area contributed by atoms with Gasteiger partial charge in [-0.25, -0.2) is 9.97 Å². The Labute approximate surface area is 128 Å². The number of hydrogen-bond donors (Lipinski definition) is 1. The summed E-state index contributed by atoms with van der Waals surface area (Å²) in [5, 5.41) is 10.5. The van der Waals surface area contributed by atoms with Gasteiger partial charge in [-0.1, -0.05) is 32.1 Å². The molecule has 0 atom stereocenters. The molecule has 2 aromatic rings. The van der Waals surface area contributed by atoms with Crippen molar-refractivity contribution in [1.29, 1.82) is 0 Å². The molecule has 1 N–H and O–H groups in total. The Morgan fingerprint density at radius 3 is 2.45 bits per heavy atom. The first kappa shape index (κ1) is 15.4. The van der Waals surface area contributed by atoms with Crippen molar-refractivity contribution >= 4 is 27.8 Å². The molecule has 0 amide bonds. The molecule has 2 aromatic heterocycles. The predicted octanol–water partition coefficient (Wildman–Crippen LogP) is 3.33. The molecule has 0 aromatic carbocycles. The van der Waals surface area contributed by atoms with Crippen LogP contribution in [0.5, 0.6) is 0 Å². The quantitative estimate of drug-likeness (QED) is 0.941. The summed E-state index contributed by atoms with van der Waals surface area (Å²) in [4.78, 5) is 13.3. The summed E-state index contributed by atoms with van der Waals surface area (Å²) in [6.45, 7) is 9.26. The zero-order valence-corrected chi connectivity index (χ0v) is 14.2. The van der Waals surface area contributed by atoms with Gasteiger partial charge in [0.15, 0.2) is 5.13 Å². The van der Waals surface area contributed by atoms with Crippen LogP contribution >= 0.6 is 22.7 Å². The van der Waals surface area contributed by atoms with Crippen LogP contribution in [0.15, 0.2) is 5.51 Å². The van der Waals surface area contributed by atoms with Gasteiger partial charge in [0.25, 0.3) is 0 Å². The Hall–Kier alpha value is -0.980. The molecule has 0 unspecified atom stereocenters. The average molecular weight is 311 g/mol. The first-order chi connectivity index (χ1) is 9.32.